The van der Waals surface area contributed by atoms with Gasteiger partial charge in [-0.1, -0.05) is 33.6 Å². The molecule has 5 unspecified atom stereocenters. The number of ether oxygens (including phenoxy) is 1. The Bertz CT molecular complexity index is 835. The lowest BCUT2D eigenvalue weighted by Gasteiger charge is -2.39. The Hall–Kier alpha value is -1.67. The van der Waals surface area contributed by atoms with Crippen molar-refractivity contribution in [2.45, 2.75) is 77.4 Å². The Morgan fingerprint density at radius 2 is 1.97 bits per heavy atom. The van der Waals surface area contributed by atoms with Crippen molar-refractivity contribution in [1.29, 1.82) is 0 Å². The van der Waals surface area contributed by atoms with Crippen LogP contribution in [0.5, 0.6) is 0 Å². The van der Waals surface area contributed by atoms with Gasteiger partial charge >= 0.3 is 5.90 Å². The number of aliphatic hydroxyl groups is 1. The first-order valence-corrected chi connectivity index (χ1v) is 14.2. The van der Waals surface area contributed by atoms with Gasteiger partial charge in [-0.25, -0.2) is 0 Å². The van der Waals surface area contributed by atoms with Crippen molar-refractivity contribution >= 4 is 17.6 Å². The Morgan fingerprint density at radius 1 is 1.23 bits per heavy atom. The van der Waals surface area contributed by atoms with Gasteiger partial charge in [0.1, 0.15) is 13.2 Å². The Morgan fingerprint density at radius 3 is 2.69 bits per heavy atom. The lowest BCUT2D eigenvalue weighted by molar-refractivity contribution is -0.558. The van der Waals surface area contributed by atoms with Gasteiger partial charge in [-0.05, 0) is 43.4 Å². The van der Waals surface area contributed by atoms with Crippen molar-refractivity contribution in [1.82, 2.24) is 15.1 Å². The minimum atomic E-state index is 0.0193. The summed E-state index contributed by atoms with van der Waals surface area (Å²) in [6.45, 7) is 12.7. The predicted molar refractivity (Wildman–Crippen MR) is 137 cm³/mol. The second kappa shape index (κ2) is 10.8. The van der Waals surface area contributed by atoms with E-state index in [0.29, 0.717) is 37.0 Å². The summed E-state index contributed by atoms with van der Waals surface area (Å²) >= 11 is 0. The van der Waals surface area contributed by atoms with Gasteiger partial charge in [0, 0.05) is 32.2 Å². The minimum Gasteiger partial charge on any atom is -0.463 e. The molecule has 6 atom stereocenters. The number of morpholine rings is 1. The molecule has 5 rings (SSSR count). The number of fused-ring (bicyclic) bond motifs is 1. The maximum atomic E-state index is 14.2. The summed E-state index contributed by atoms with van der Waals surface area (Å²) in [4.78, 5) is 23.8. The molecular formula is C27H46N5O3+. The average molecular weight is 489 g/mol. The monoisotopic (exact) mass is 488 g/mol. The number of nitrogens with zero attached hydrogens (tertiary/aromatic N) is 4. The summed E-state index contributed by atoms with van der Waals surface area (Å²) in [7, 11) is 0. The first-order valence-electron chi connectivity index (χ1n) is 14.2. The van der Waals surface area contributed by atoms with Gasteiger partial charge in [-0.15, -0.1) is 0 Å². The van der Waals surface area contributed by atoms with E-state index < -0.39 is 0 Å². The van der Waals surface area contributed by atoms with Crippen molar-refractivity contribution in [3.63, 3.8) is 0 Å². The fourth-order valence-corrected chi connectivity index (χ4v) is 6.62. The van der Waals surface area contributed by atoms with Crippen molar-refractivity contribution < 1.29 is 19.2 Å². The molecule has 3 heterocycles. The number of amides is 1. The van der Waals surface area contributed by atoms with Crippen LogP contribution >= 0.6 is 0 Å². The zero-order chi connectivity index (χ0) is 24.5. The van der Waals surface area contributed by atoms with Gasteiger partial charge in [0.2, 0.25) is 0 Å². The smallest absolute Gasteiger partial charge is 0.338 e. The second-order valence-corrected chi connectivity index (χ2v) is 12.1. The van der Waals surface area contributed by atoms with Gasteiger partial charge in [0.05, 0.1) is 18.0 Å². The van der Waals surface area contributed by atoms with Gasteiger partial charge in [0.15, 0.2) is 18.9 Å². The van der Waals surface area contributed by atoms with Crippen LogP contribution in [-0.4, -0.2) is 108 Å². The molecule has 0 aromatic rings. The van der Waals surface area contributed by atoms with E-state index in [-0.39, 0.29) is 23.9 Å². The standard InChI is InChI=1S/C27H45N5O3/c1-18(2)16-31(22-13-20(14-28-15-22)26(33)30-8-10-35-11-9-30)27(34)25-29-23-6-4-5-7-24(23)32(25)17-21-12-19(21)3/h18-24,28H,4-17H2,1-3H3/p+1/t19?,20?,21?,22-,23?,24?/m0/s1. The lowest BCUT2D eigenvalue weighted by atomic mass is 9.90. The van der Waals surface area contributed by atoms with Crippen LogP contribution in [0.4, 0.5) is 0 Å². The van der Waals surface area contributed by atoms with E-state index in [2.05, 4.69) is 40.5 Å². The van der Waals surface area contributed by atoms with Crippen LogP contribution in [0.2, 0.25) is 0 Å². The molecule has 0 aromatic carbocycles. The predicted octanol–water partition coefficient (Wildman–Crippen LogP) is 2.13. The topological polar surface area (TPSA) is 80.4 Å². The quantitative estimate of drug-likeness (QED) is 0.424. The lowest BCUT2D eigenvalue weighted by Crippen LogP contribution is -2.57. The van der Waals surface area contributed by atoms with Gasteiger partial charge in [-0.3, -0.25) is 9.79 Å². The number of amidine groups is 1. The molecule has 8 heteroatoms. The first-order chi connectivity index (χ1) is 16.9. The molecule has 2 aliphatic carbocycles. The molecule has 8 nitrogen and oxygen atoms in total. The largest absolute Gasteiger partial charge is 0.463 e. The van der Waals surface area contributed by atoms with Gasteiger partial charge < -0.3 is 25.0 Å². The fraction of sp³-hybridized carbons (Fsp3) is 0.889. The molecule has 5 aliphatic rings. The molecule has 0 aromatic heterocycles. The van der Waals surface area contributed by atoms with E-state index >= 15 is 0 Å². The number of aliphatic hydroxyl groups excluding tert-OH is 1. The number of rotatable bonds is 7. The zero-order valence-corrected chi connectivity index (χ0v) is 22.0. The maximum Gasteiger partial charge on any atom is 0.338 e. The molecule has 0 spiro atoms. The van der Waals surface area contributed by atoms with Crippen LogP contribution in [0.1, 0.15) is 59.3 Å². The molecular weight excluding hydrogens is 442 g/mol. The van der Waals surface area contributed by atoms with Crippen LogP contribution in [0, 0.1) is 23.7 Å². The number of carbonyl (C=O) groups excluding carboxylic acids is 1. The minimum absolute atomic E-state index is 0.0193. The average Bonchev–Trinajstić information content (AvgIpc) is 3.45. The molecule has 35 heavy (non-hydrogen) atoms. The fourth-order valence-electron chi connectivity index (χ4n) is 6.62. The van der Waals surface area contributed by atoms with Crippen molar-refractivity contribution in [3.8, 4) is 0 Å². The number of hydrogen-bond donors (Lipinski definition) is 2. The zero-order valence-electron chi connectivity index (χ0n) is 22.0. The Labute approximate surface area is 210 Å². The molecule has 2 N–H and O–H groups in total. The maximum absolute atomic E-state index is 14.2. The molecule has 4 fully saturated rings. The van der Waals surface area contributed by atoms with E-state index in [9.17, 15) is 9.90 Å². The summed E-state index contributed by atoms with van der Waals surface area (Å²) in [6.07, 6.45) is 6.80. The normalized spacial score (nSPS) is 35.0. The van der Waals surface area contributed by atoms with E-state index in [4.69, 9.17) is 9.73 Å². The van der Waals surface area contributed by atoms with E-state index in [1.54, 1.807) is 0 Å². The van der Waals surface area contributed by atoms with Crippen molar-refractivity contribution in [2.24, 2.45) is 28.7 Å². The molecule has 0 bridgehead atoms. The van der Waals surface area contributed by atoms with E-state index in [1.807, 2.05) is 0 Å². The van der Waals surface area contributed by atoms with Crippen LogP contribution in [-0.2, 0) is 9.53 Å². The highest BCUT2D eigenvalue weighted by Crippen LogP contribution is 2.41. The first kappa shape index (κ1) is 25.0. The number of piperidine rings is 1. The highest BCUT2D eigenvalue weighted by Gasteiger charge is 2.46. The van der Waals surface area contributed by atoms with Crippen molar-refractivity contribution in [2.75, 3.05) is 52.5 Å². The van der Waals surface area contributed by atoms with Gasteiger partial charge in [-0.2, -0.15) is 4.58 Å². The van der Waals surface area contributed by atoms with Crippen LogP contribution in [0.15, 0.2) is 4.99 Å². The highest BCUT2D eigenvalue weighted by atomic mass is 16.5. The third-order valence-electron chi connectivity index (χ3n) is 8.84. The van der Waals surface area contributed by atoms with Crippen molar-refractivity contribution in [3.05, 3.63) is 0 Å². The van der Waals surface area contributed by atoms with Gasteiger partial charge in [0.25, 0.3) is 5.91 Å². The number of aliphatic imine (C=N–C) groups is 1. The summed E-state index contributed by atoms with van der Waals surface area (Å²) in [5.41, 5.74) is 0. The molecule has 2 saturated carbocycles. The number of carbonyl (C=O) groups is 1. The molecule has 1 amide bonds. The molecule has 196 valence electrons. The Balaban J connectivity index is 1.35. The summed E-state index contributed by atoms with van der Waals surface area (Å²) in [6, 6.07) is 0.750. The number of hydrogen-bond acceptors (Lipinski definition) is 5. The highest BCUT2D eigenvalue weighted by molar-refractivity contribution is 6.38. The molecule has 3 aliphatic heterocycles. The third kappa shape index (κ3) is 5.53. The molecule has 0 radical (unpaired) electrons. The second-order valence-electron chi connectivity index (χ2n) is 12.1. The van der Waals surface area contributed by atoms with Crippen LogP contribution < -0.4 is 5.32 Å². The number of nitrogens with one attached hydrogen (secondary N) is 1. The summed E-state index contributed by atoms with van der Waals surface area (Å²) in [5.74, 6) is 3.15. The molecule has 2 saturated heterocycles. The third-order valence-corrected chi connectivity index (χ3v) is 8.84. The summed E-state index contributed by atoms with van der Waals surface area (Å²) in [5, 5.41) is 14.6. The van der Waals surface area contributed by atoms with E-state index in [1.165, 1.54) is 19.3 Å². The Kier molecular flexibility index (Phi) is 7.68. The van der Waals surface area contributed by atoms with Crippen LogP contribution in [0.3, 0.4) is 0 Å². The summed E-state index contributed by atoms with van der Waals surface area (Å²) < 4.78 is 7.52. The van der Waals surface area contributed by atoms with E-state index in [0.717, 1.165) is 70.3 Å². The van der Waals surface area contributed by atoms with Crippen LogP contribution in [0.25, 0.3) is 0 Å². The SMILES string of the molecule is CC(C)CN(C(=O)C1=NC2CCCCC2N1CC1CC1C)[C@@H]1CNCC(C(O)=[N+]2CCOCC2)C1.